The van der Waals surface area contributed by atoms with Crippen LogP contribution in [0.1, 0.15) is 18.4 Å². The van der Waals surface area contributed by atoms with Gasteiger partial charge >= 0.3 is 0 Å². The van der Waals surface area contributed by atoms with Crippen molar-refractivity contribution in [2.45, 2.75) is 19.8 Å². The molecular formula is C12H12N2OS. The van der Waals surface area contributed by atoms with Crippen LogP contribution >= 0.6 is 11.5 Å². The zero-order chi connectivity index (χ0) is 11.4. The normalized spacial score (nSPS) is 10.3. The Hall–Kier alpha value is -1.55. The second-order valence-electron chi connectivity index (χ2n) is 3.45. The van der Waals surface area contributed by atoms with Crippen LogP contribution in [-0.4, -0.2) is 15.1 Å². The van der Waals surface area contributed by atoms with Crippen LogP contribution in [0.2, 0.25) is 0 Å². The molecule has 4 heteroatoms. The Morgan fingerprint density at radius 3 is 2.75 bits per heavy atom. The van der Waals surface area contributed by atoms with Crippen molar-refractivity contribution in [1.82, 2.24) is 9.36 Å². The topological polar surface area (TPSA) is 42.9 Å². The highest BCUT2D eigenvalue weighted by Crippen LogP contribution is 2.18. The molecule has 1 aromatic carbocycles. The van der Waals surface area contributed by atoms with E-state index in [4.69, 9.17) is 0 Å². The third kappa shape index (κ3) is 2.52. The molecule has 0 unspecified atom stereocenters. The van der Waals surface area contributed by atoms with Crippen LogP contribution < -0.4 is 0 Å². The molecule has 0 radical (unpaired) electrons. The number of nitrogens with zero attached hydrogens (tertiary/aromatic N) is 2. The number of hydrogen-bond donors (Lipinski definition) is 0. The van der Waals surface area contributed by atoms with E-state index in [1.54, 1.807) is 0 Å². The van der Waals surface area contributed by atoms with Gasteiger partial charge in [-0.2, -0.15) is 4.37 Å². The molecule has 2 rings (SSSR count). The van der Waals surface area contributed by atoms with Gasteiger partial charge in [0.25, 0.3) is 0 Å². The van der Waals surface area contributed by atoms with Gasteiger partial charge in [-0.3, -0.25) is 4.79 Å². The number of aromatic nitrogens is 2. The number of carbonyl (C=O) groups excluding carboxylic acids is 1. The molecule has 0 amide bonds. The molecule has 0 atom stereocenters. The minimum Gasteiger partial charge on any atom is -0.299 e. The smallest absolute Gasteiger partial charge is 0.173 e. The predicted molar refractivity (Wildman–Crippen MR) is 64.3 cm³/mol. The number of benzene rings is 1. The maximum absolute atomic E-state index is 11.3. The van der Waals surface area contributed by atoms with Crippen LogP contribution in [0.3, 0.4) is 0 Å². The van der Waals surface area contributed by atoms with Gasteiger partial charge < -0.3 is 0 Å². The summed E-state index contributed by atoms with van der Waals surface area (Å²) in [6, 6.07) is 9.79. The molecule has 2 aromatic rings. The van der Waals surface area contributed by atoms with E-state index in [9.17, 15) is 4.79 Å². The lowest BCUT2D eigenvalue weighted by atomic mass is 10.2. The highest BCUT2D eigenvalue weighted by Gasteiger charge is 2.08. The zero-order valence-electron chi connectivity index (χ0n) is 9.01. The third-order valence-corrected chi connectivity index (χ3v) is 2.95. The average Bonchev–Trinajstić information content (AvgIpc) is 2.78. The van der Waals surface area contributed by atoms with Crippen molar-refractivity contribution >= 4 is 17.3 Å². The molecule has 0 saturated carbocycles. The Morgan fingerprint density at radius 1 is 1.31 bits per heavy atom. The van der Waals surface area contributed by atoms with E-state index in [-0.39, 0.29) is 5.78 Å². The van der Waals surface area contributed by atoms with Crippen LogP contribution in [0.15, 0.2) is 30.3 Å². The highest BCUT2D eigenvalue weighted by molar-refractivity contribution is 7.05. The van der Waals surface area contributed by atoms with Gasteiger partial charge in [-0.1, -0.05) is 37.3 Å². The number of Topliss-reactive ketones (excluding diaryl/α,β-unsaturated/α-hetero) is 1. The SMILES string of the molecule is CCC(=O)Cc1nc(-c2ccccc2)ns1. The van der Waals surface area contributed by atoms with E-state index in [0.29, 0.717) is 18.7 Å². The van der Waals surface area contributed by atoms with E-state index in [0.717, 1.165) is 10.6 Å². The fourth-order valence-corrected chi connectivity index (χ4v) is 2.02. The van der Waals surface area contributed by atoms with Crippen molar-refractivity contribution in [3.8, 4) is 11.4 Å². The van der Waals surface area contributed by atoms with E-state index in [1.165, 1.54) is 11.5 Å². The Morgan fingerprint density at radius 2 is 2.06 bits per heavy atom. The largest absolute Gasteiger partial charge is 0.299 e. The predicted octanol–water partition coefficient (Wildman–Crippen LogP) is 2.73. The zero-order valence-corrected chi connectivity index (χ0v) is 9.83. The second-order valence-corrected chi connectivity index (χ2v) is 4.28. The number of carbonyl (C=O) groups is 1. The van der Waals surface area contributed by atoms with E-state index < -0.39 is 0 Å². The van der Waals surface area contributed by atoms with E-state index >= 15 is 0 Å². The van der Waals surface area contributed by atoms with Crippen molar-refractivity contribution in [3.63, 3.8) is 0 Å². The molecule has 16 heavy (non-hydrogen) atoms. The Bertz CT molecular complexity index is 479. The first-order valence-corrected chi connectivity index (χ1v) is 5.96. The third-order valence-electron chi connectivity index (χ3n) is 2.24. The average molecular weight is 232 g/mol. The van der Waals surface area contributed by atoms with Gasteiger partial charge in [0, 0.05) is 12.0 Å². The van der Waals surface area contributed by atoms with Crippen molar-refractivity contribution in [2.75, 3.05) is 0 Å². The lowest BCUT2D eigenvalue weighted by molar-refractivity contribution is -0.118. The van der Waals surface area contributed by atoms with Gasteiger partial charge in [0.2, 0.25) is 0 Å². The number of rotatable bonds is 4. The summed E-state index contributed by atoms with van der Waals surface area (Å²) in [5.74, 6) is 0.917. The van der Waals surface area contributed by atoms with Crippen LogP contribution in [0.4, 0.5) is 0 Å². The van der Waals surface area contributed by atoms with E-state index in [2.05, 4.69) is 9.36 Å². The molecule has 1 heterocycles. The summed E-state index contributed by atoms with van der Waals surface area (Å²) in [6.07, 6.45) is 0.960. The Labute approximate surface area is 98.3 Å². The summed E-state index contributed by atoms with van der Waals surface area (Å²) in [6.45, 7) is 1.86. The summed E-state index contributed by atoms with van der Waals surface area (Å²) in [5, 5.41) is 0.797. The van der Waals surface area contributed by atoms with Gasteiger partial charge in [0.05, 0.1) is 6.42 Å². The molecule has 82 valence electrons. The van der Waals surface area contributed by atoms with Crippen molar-refractivity contribution in [3.05, 3.63) is 35.3 Å². The van der Waals surface area contributed by atoms with Crippen LogP contribution in [0.25, 0.3) is 11.4 Å². The molecule has 0 bridgehead atoms. The van der Waals surface area contributed by atoms with Crippen LogP contribution in [0, 0.1) is 0 Å². The summed E-state index contributed by atoms with van der Waals surface area (Å²) < 4.78 is 4.25. The number of hydrogen-bond acceptors (Lipinski definition) is 4. The maximum atomic E-state index is 11.3. The maximum Gasteiger partial charge on any atom is 0.173 e. The van der Waals surface area contributed by atoms with Crippen LogP contribution in [-0.2, 0) is 11.2 Å². The fraction of sp³-hybridized carbons (Fsp3) is 0.250. The van der Waals surface area contributed by atoms with Gasteiger partial charge in [-0.25, -0.2) is 4.98 Å². The molecule has 0 saturated heterocycles. The summed E-state index contributed by atoms with van der Waals surface area (Å²) in [4.78, 5) is 15.6. The first-order chi connectivity index (χ1) is 7.79. The lowest BCUT2D eigenvalue weighted by Gasteiger charge is -1.92. The Kier molecular flexibility index (Phi) is 3.41. The van der Waals surface area contributed by atoms with Crippen molar-refractivity contribution in [1.29, 1.82) is 0 Å². The molecule has 1 aromatic heterocycles. The van der Waals surface area contributed by atoms with Crippen molar-refractivity contribution < 1.29 is 4.79 Å². The molecular weight excluding hydrogens is 220 g/mol. The lowest BCUT2D eigenvalue weighted by Crippen LogP contribution is -1.99. The second kappa shape index (κ2) is 4.99. The van der Waals surface area contributed by atoms with Crippen molar-refractivity contribution in [2.24, 2.45) is 0 Å². The standard InChI is InChI=1S/C12H12N2OS/c1-2-10(15)8-11-13-12(14-16-11)9-6-4-3-5-7-9/h3-7H,2,8H2,1H3. The molecule has 0 aliphatic carbocycles. The molecule has 0 spiro atoms. The highest BCUT2D eigenvalue weighted by atomic mass is 32.1. The summed E-state index contributed by atoms with van der Waals surface area (Å²) >= 11 is 1.31. The quantitative estimate of drug-likeness (QED) is 0.814. The fourth-order valence-electron chi connectivity index (χ4n) is 1.32. The first kappa shape index (κ1) is 11.0. The van der Waals surface area contributed by atoms with Crippen LogP contribution in [0.5, 0.6) is 0 Å². The number of ketones is 1. The minimum atomic E-state index is 0.204. The monoisotopic (exact) mass is 232 g/mol. The summed E-state index contributed by atoms with van der Waals surface area (Å²) in [5.41, 5.74) is 0.994. The van der Waals surface area contributed by atoms with Gasteiger partial charge in [0.15, 0.2) is 5.82 Å². The molecule has 0 fully saturated rings. The van der Waals surface area contributed by atoms with Gasteiger partial charge in [-0.05, 0) is 11.5 Å². The van der Waals surface area contributed by atoms with Gasteiger partial charge in [-0.15, -0.1) is 0 Å². The minimum absolute atomic E-state index is 0.204. The molecule has 0 aliphatic heterocycles. The van der Waals surface area contributed by atoms with E-state index in [1.807, 2.05) is 37.3 Å². The molecule has 0 N–H and O–H groups in total. The molecule has 3 nitrogen and oxygen atoms in total. The summed E-state index contributed by atoms with van der Waals surface area (Å²) in [7, 11) is 0. The molecule has 0 aliphatic rings. The first-order valence-electron chi connectivity index (χ1n) is 5.19. The Balaban J connectivity index is 2.17. The van der Waals surface area contributed by atoms with Gasteiger partial charge in [0.1, 0.15) is 10.8 Å².